The van der Waals surface area contributed by atoms with Crippen molar-refractivity contribution in [3.05, 3.63) is 60.2 Å². The third kappa shape index (κ3) is 4.53. The summed E-state index contributed by atoms with van der Waals surface area (Å²) in [5.41, 5.74) is 3.33. The Balaban J connectivity index is 1.67. The summed E-state index contributed by atoms with van der Waals surface area (Å²) in [7, 11) is 1.99. The minimum absolute atomic E-state index is 0.224. The van der Waals surface area contributed by atoms with Crippen molar-refractivity contribution in [2.75, 3.05) is 20.1 Å². The van der Waals surface area contributed by atoms with Gasteiger partial charge in [-0.25, -0.2) is 0 Å². The van der Waals surface area contributed by atoms with E-state index in [0.717, 1.165) is 36.9 Å². The molecule has 1 N–H and O–H groups in total. The number of piperidine rings is 1. The molecule has 2 atom stereocenters. The van der Waals surface area contributed by atoms with Crippen LogP contribution in [0.25, 0.3) is 11.1 Å². The molecule has 3 nitrogen and oxygen atoms in total. The summed E-state index contributed by atoms with van der Waals surface area (Å²) in [5.74, 6) is 5.85. The normalized spacial score (nSPS) is 20.2. The number of nitrogens with zero attached hydrogens (tertiary/aromatic N) is 1. The first-order chi connectivity index (χ1) is 12.6. The van der Waals surface area contributed by atoms with E-state index in [0.29, 0.717) is 6.54 Å². The molecular formula is C23H25NO2. The van der Waals surface area contributed by atoms with Gasteiger partial charge < -0.3 is 10.0 Å². The average Bonchev–Trinajstić information content (AvgIpc) is 2.67. The summed E-state index contributed by atoms with van der Waals surface area (Å²) in [6.45, 7) is 1.61. The fourth-order valence-corrected chi connectivity index (χ4v) is 3.67. The Hall–Kier alpha value is -2.57. The molecule has 0 bridgehead atoms. The van der Waals surface area contributed by atoms with E-state index in [1.165, 1.54) is 5.56 Å². The highest BCUT2D eigenvalue weighted by Crippen LogP contribution is 2.27. The molecule has 26 heavy (non-hydrogen) atoms. The third-order valence-corrected chi connectivity index (χ3v) is 5.15. The molecule has 0 aliphatic carbocycles. The van der Waals surface area contributed by atoms with Gasteiger partial charge in [0.25, 0.3) is 0 Å². The molecule has 0 amide bonds. The zero-order valence-corrected chi connectivity index (χ0v) is 15.2. The van der Waals surface area contributed by atoms with Crippen LogP contribution in [0.4, 0.5) is 0 Å². The van der Waals surface area contributed by atoms with E-state index >= 15 is 0 Å². The van der Waals surface area contributed by atoms with Crippen molar-refractivity contribution in [3.63, 3.8) is 0 Å². The third-order valence-electron chi connectivity index (χ3n) is 5.15. The van der Waals surface area contributed by atoms with Gasteiger partial charge >= 0.3 is 5.97 Å². The van der Waals surface area contributed by atoms with Crippen LogP contribution in [0.15, 0.2) is 54.6 Å². The summed E-state index contributed by atoms with van der Waals surface area (Å²) in [4.78, 5) is 13.6. The van der Waals surface area contributed by atoms with Crippen LogP contribution < -0.4 is 0 Å². The summed E-state index contributed by atoms with van der Waals surface area (Å²) in [5, 5.41) is 9.46. The Bertz CT molecular complexity index is 804. The summed E-state index contributed by atoms with van der Waals surface area (Å²) >= 11 is 0. The van der Waals surface area contributed by atoms with Gasteiger partial charge in [0, 0.05) is 18.5 Å². The van der Waals surface area contributed by atoms with E-state index in [1.54, 1.807) is 0 Å². The Kier molecular flexibility index (Phi) is 6.09. The lowest BCUT2D eigenvalue weighted by Gasteiger charge is -2.34. The van der Waals surface area contributed by atoms with Crippen LogP contribution in [0.1, 0.15) is 24.8 Å². The Morgan fingerprint density at radius 3 is 2.65 bits per heavy atom. The van der Waals surface area contributed by atoms with Gasteiger partial charge in [0.2, 0.25) is 0 Å². The minimum Gasteiger partial charge on any atom is -0.481 e. The fraction of sp³-hybridized carbons (Fsp3) is 0.348. The van der Waals surface area contributed by atoms with E-state index in [9.17, 15) is 9.90 Å². The van der Waals surface area contributed by atoms with Gasteiger partial charge in [-0.15, -0.1) is 0 Å². The van der Waals surface area contributed by atoms with Crippen molar-refractivity contribution in [2.45, 2.75) is 19.3 Å². The van der Waals surface area contributed by atoms with Crippen molar-refractivity contribution in [1.29, 1.82) is 0 Å². The highest BCUT2D eigenvalue weighted by Gasteiger charge is 2.32. The molecule has 0 spiro atoms. The van der Waals surface area contributed by atoms with Gasteiger partial charge in [-0.1, -0.05) is 60.4 Å². The number of carbonyl (C=O) groups is 1. The largest absolute Gasteiger partial charge is 0.481 e. The zero-order chi connectivity index (χ0) is 18.4. The van der Waals surface area contributed by atoms with Gasteiger partial charge in [-0.05, 0) is 49.5 Å². The maximum atomic E-state index is 11.5. The predicted octanol–water partition coefficient (Wildman–Crippen LogP) is 4.14. The molecule has 2 aromatic rings. The lowest BCUT2D eigenvalue weighted by Crippen LogP contribution is -2.41. The maximum absolute atomic E-state index is 11.5. The highest BCUT2D eigenvalue weighted by atomic mass is 16.4. The molecule has 2 aromatic carbocycles. The van der Waals surface area contributed by atoms with Crippen LogP contribution in [0, 0.1) is 23.7 Å². The SMILES string of the molecule is CN1CC[C@H](CCC#Cc2ccccc2-c2ccccc2)[C@@H](C(=O)O)C1. The number of carboxylic acid groups (broad SMARTS) is 1. The molecule has 1 aliphatic heterocycles. The van der Waals surface area contributed by atoms with Crippen LogP contribution in [-0.4, -0.2) is 36.1 Å². The number of likely N-dealkylation sites (tertiary alicyclic amines) is 1. The first-order valence-corrected chi connectivity index (χ1v) is 9.20. The molecule has 0 aromatic heterocycles. The molecule has 1 saturated heterocycles. The van der Waals surface area contributed by atoms with E-state index in [1.807, 2.05) is 43.4 Å². The lowest BCUT2D eigenvalue weighted by atomic mass is 9.82. The standard InChI is InChI=1S/C23H25NO2/c1-24-16-15-20(22(17-24)23(25)26)13-6-5-11-19-12-7-8-14-21(19)18-9-3-2-4-10-18/h2-4,7-10,12,14,20,22H,6,13,15-17H2,1H3,(H,25,26)/t20-,22-/m0/s1. The van der Waals surface area contributed by atoms with E-state index < -0.39 is 5.97 Å². The van der Waals surface area contributed by atoms with Crippen LogP contribution in [0.2, 0.25) is 0 Å². The van der Waals surface area contributed by atoms with Gasteiger partial charge in [0.05, 0.1) is 5.92 Å². The maximum Gasteiger partial charge on any atom is 0.308 e. The number of hydrogen-bond donors (Lipinski definition) is 1. The van der Waals surface area contributed by atoms with Crippen molar-refractivity contribution in [1.82, 2.24) is 4.90 Å². The Morgan fingerprint density at radius 2 is 1.88 bits per heavy atom. The number of benzene rings is 2. The van der Waals surface area contributed by atoms with E-state index in [2.05, 4.69) is 34.9 Å². The highest BCUT2D eigenvalue weighted by molar-refractivity contribution is 5.71. The molecule has 0 radical (unpaired) electrons. The van der Waals surface area contributed by atoms with Crippen LogP contribution >= 0.6 is 0 Å². The van der Waals surface area contributed by atoms with Crippen LogP contribution in [0.5, 0.6) is 0 Å². The number of rotatable bonds is 4. The van der Waals surface area contributed by atoms with Gasteiger partial charge in [0.1, 0.15) is 0 Å². The molecule has 1 heterocycles. The first kappa shape index (κ1) is 18.2. The molecule has 3 rings (SSSR count). The van der Waals surface area contributed by atoms with Crippen molar-refractivity contribution in [2.24, 2.45) is 11.8 Å². The molecule has 134 valence electrons. The minimum atomic E-state index is -0.677. The molecule has 3 heteroatoms. The zero-order valence-electron chi connectivity index (χ0n) is 15.2. The second-order valence-electron chi connectivity index (χ2n) is 7.01. The molecule has 0 saturated carbocycles. The Morgan fingerprint density at radius 1 is 1.15 bits per heavy atom. The van der Waals surface area contributed by atoms with Gasteiger partial charge in [-0.2, -0.15) is 0 Å². The smallest absolute Gasteiger partial charge is 0.308 e. The number of aliphatic carboxylic acids is 1. The van der Waals surface area contributed by atoms with Gasteiger partial charge in [0.15, 0.2) is 0 Å². The molecule has 0 unspecified atom stereocenters. The van der Waals surface area contributed by atoms with Gasteiger partial charge in [-0.3, -0.25) is 4.79 Å². The molecule has 1 aliphatic rings. The summed E-state index contributed by atoms with van der Waals surface area (Å²) < 4.78 is 0. The summed E-state index contributed by atoms with van der Waals surface area (Å²) in [6, 6.07) is 18.4. The van der Waals surface area contributed by atoms with Crippen LogP contribution in [0.3, 0.4) is 0 Å². The predicted molar refractivity (Wildman–Crippen MR) is 105 cm³/mol. The van der Waals surface area contributed by atoms with E-state index in [4.69, 9.17) is 0 Å². The quantitative estimate of drug-likeness (QED) is 0.845. The van der Waals surface area contributed by atoms with Crippen LogP contribution in [-0.2, 0) is 4.79 Å². The molecular weight excluding hydrogens is 322 g/mol. The molecule has 1 fully saturated rings. The van der Waals surface area contributed by atoms with Crippen molar-refractivity contribution < 1.29 is 9.90 Å². The fourth-order valence-electron chi connectivity index (χ4n) is 3.67. The Labute approximate surface area is 155 Å². The van der Waals surface area contributed by atoms with Crippen molar-refractivity contribution in [3.8, 4) is 23.0 Å². The number of carboxylic acids is 1. The summed E-state index contributed by atoms with van der Waals surface area (Å²) in [6.07, 6.45) is 2.53. The number of hydrogen-bond acceptors (Lipinski definition) is 2. The topological polar surface area (TPSA) is 40.5 Å². The van der Waals surface area contributed by atoms with E-state index in [-0.39, 0.29) is 11.8 Å². The average molecular weight is 347 g/mol. The lowest BCUT2D eigenvalue weighted by molar-refractivity contribution is -0.145. The monoisotopic (exact) mass is 347 g/mol. The second kappa shape index (κ2) is 8.69. The van der Waals surface area contributed by atoms with Crippen molar-refractivity contribution >= 4 is 5.97 Å². The first-order valence-electron chi connectivity index (χ1n) is 9.20. The second-order valence-corrected chi connectivity index (χ2v) is 7.01.